The van der Waals surface area contributed by atoms with Crippen molar-refractivity contribution in [1.29, 1.82) is 0 Å². The van der Waals surface area contributed by atoms with E-state index in [9.17, 15) is 0 Å². The number of allylic oxidation sites excluding steroid dienone is 1. The summed E-state index contributed by atoms with van der Waals surface area (Å²) in [5.74, 6) is 0. The largest absolute Gasteiger partial charge is 0.299 e. The van der Waals surface area contributed by atoms with Crippen LogP contribution in [0.2, 0.25) is 0 Å². The molecule has 0 aromatic carbocycles. The van der Waals surface area contributed by atoms with Gasteiger partial charge in [-0.05, 0) is 33.1 Å². The molecular weight excluding hydrogens is 138 g/mol. The third-order valence-electron chi connectivity index (χ3n) is 1.26. The lowest BCUT2D eigenvalue weighted by Gasteiger charge is -2.07. The van der Waals surface area contributed by atoms with Crippen LogP contribution in [0.4, 0.5) is 0 Å². The van der Waals surface area contributed by atoms with Crippen molar-refractivity contribution in [3.63, 3.8) is 0 Å². The monoisotopic (exact) mass is 157 g/mol. The smallest absolute Gasteiger partial charge is 0.0734 e. The van der Waals surface area contributed by atoms with Crippen molar-refractivity contribution in [1.82, 2.24) is 5.48 Å². The summed E-state index contributed by atoms with van der Waals surface area (Å²) in [5, 5.41) is 0. The first-order valence-electron chi connectivity index (χ1n) is 4.26. The van der Waals surface area contributed by atoms with Gasteiger partial charge in [0.05, 0.1) is 6.10 Å². The third kappa shape index (κ3) is 9.66. The van der Waals surface area contributed by atoms with Crippen LogP contribution in [-0.2, 0) is 4.84 Å². The van der Waals surface area contributed by atoms with E-state index in [0.717, 1.165) is 19.4 Å². The van der Waals surface area contributed by atoms with Crippen molar-refractivity contribution < 1.29 is 4.84 Å². The zero-order valence-corrected chi connectivity index (χ0v) is 7.60. The Bertz CT molecular complexity index is 91.6. The number of hydroxylamine groups is 1. The molecule has 0 unspecified atom stereocenters. The fourth-order valence-electron chi connectivity index (χ4n) is 0.711. The minimum Gasteiger partial charge on any atom is -0.299 e. The summed E-state index contributed by atoms with van der Waals surface area (Å²) in [6.45, 7) is 8.61. The summed E-state index contributed by atoms with van der Waals surface area (Å²) >= 11 is 0. The molecule has 0 fully saturated rings. The highest BCUT2D eigenvalue weighted by Gasteiger charge is 1.90. The van der Waals surface area contributed by atoms with Crippen LogP contribution in [0.15, 0.2) is 12.7 Å². The molecule has 0 saturated carbocycles. The van der Waals surface area contributed by atoms with Gasteiger partial charge in [-0.15, -0.1) is 6.58 Å². The molecule has 0 aliphatic heterocycles. The number of hydrogen-bond acceptors (Lipinski definition) is 2. The molecule has 0 aromatic heterocycles. The SMILES string of the molecule is C=CCCCCNOC(C)C. The Hall–Kier alpha value is -0.340. The van der Waals surface area contributed by atoms with Crippen molar-refractivity contribution in [2.75, 3.05) is 6.54 Å². The van der Waals surface area contributed by atoms with Crippen LogP contribution in [-0.4, -0.2) is 12.6 Å². The second-order valence-electron chi connectivity index (χ2n) is 2.85. The summed E-state index contributed by atoms with van der Waals surface area (Å²) in [5.41, 5.74) is 2.91. The van der Waals surface area contributed by atoms with Crippen molar-refractivity contribution in [2.45, 2.75) is 39.2 Å². The predicted octanol–water partition coefficient (Wildman–Crippen LogP) is 2.27. The summed E-state index contributed by atoms with van der Waals surface area (Å²) in [6.07, 6.45) is 5.66. The molecule has 0 aliphatic rings. The second kappa shape index (κ2) is 7.76. The first-order chi connectivity index (χ1) is 5.27. The molecule has 1 N–H and O–H groups in total. The maximum absolute atomic E-state index is 5.15. The van der Waals surface area contributed by atoms with E-state index in [1.54, 1.807) is 0 Å². The molecule has 66 valence electrons. The van der Waals surface area contributed by atoms with Gasteiger partial charge in [0, 0.05) is 6.54 Å². The molecule has 2 nitrogen and oxygen atoms in total. The molecule has 0 aliphatic carbocycles. The molecule has 0 heterocycles. The minimum atomic E-state index is 0.273. The number of nitrogens with one attached hydrogen (secondary N) is 1. The summed E-state index contributed by atoms with van der Waals surface area (Å²) in [4.78, 5) is 5.15. The van der Waals surface area contributed by atoms with Gasteiger partial charge in [0.2, 0.25) is 0 Å². The van der Waals surface area contributed by atoms with Gasteiger partial charge in [-0.2, -0.15) is 0 Å². The van der Waals surface area contributed by atoms with Gasteiger partial charge < -0.3 is 0 Å². The molecule has 0 aromatic rings. The molecule has 0 spiro atoms. The Kier molecular flexibility index (Phi) is 7.52. The average Bonchev–Trinajstić information content (AvgIpc) is 1.96. The average molecular weight is 157 g/mol. The Balaban J connectivity index is 2.85. The first-order valence-corrected chi connectivity index (χ1v) is 4.26. The van der Waals surface area contributed by atoms with Crippen LogP contribution in [0, 0.1) is 0 Å². The molecule has 2 heteroatoms. The molecule has 0 bridgehead atoms. The molecule has 0 radical (unpaired) electrons. The van der Waals surface area contributed by atoms with E-state index in [1.165, 1.54) is 6.42 Å². The molecule has 0 saturated heterocycles. The lowest BCUT2D eigenvalue weighted by molar-refractivity contribution is -0.00521. The van der Waals surface area contributed by atoms with Crippen LogP contribution in [0.5, 0.6) is 0 Å². The third-order valence-corrected chi connectivity index (χ3v) is 1.26. The maximum Gasteiger partial charge on any atom is 0.0734 e. The summed E-state index contributed by atoms with van der Waals surface area (Å²) in [6, 6.07) is 0. The predicted molar refractivity (Wildman–Crippen MR) is 48.3 cm³/mol. The van der Waals surface area contributed by atoms with Crippen LogP contribution >= 0.6 is 0 Å². The summed E-state index contributed by atoms with van der Waals surface area (Å²) in [7, 11) is 0. The molecule has 0 amide bonds. The highest BCUT2D eigenvalue weighted by molar-refractivity contribution is 4.65. The van der Waals surface area contributed by atoms with Crippen LogP contribution in [0.25, 0.3) is 0 Å². The van der Waals surface area contributed by atoms with Gasteiger partial charge in [0.25, 0.3) is 0 Å². The van der Waals surface area contributed by atoms with E-state index < -0.39 is 0 Å². The van der Waals surface area contributed by atoms with Crippen molar-refractivity contribution in [3.8, 4) is 0 Å². The maximum atomic E-state index is 5.15. The van der Waals surface area contributed by atoms with Crippen molar-refractivity contribution in [3.05, 3.63) is 12.7 Å². The fraction of sp³-hybridized carbons (Fsp3) is 0.778. The number of hydrogen-bond donors (Lipinski definition) is 1. The van der Waals surface area contributed by atoms with Crippen LogP contribution in [0.3, 0.4) is 0 Å². The lowest BCUT2D eigenvalue weighted by atomic mass is 10.2. The Morgan fingerprint density at radius 1 is 1.45 bits per heavy atom. The highest BCUT2D eigenvalue weighted by Crippen LogP contribution is 1.93. The van der Waals surface area contributed by atoms with Gasteiger partial charge in [0.1, 0.15) is 0 Å². The number of rotatable bonds is 7. The zero-order chi connectivity index (χ0) is 8.53. The van der Waals surface area contributed by atoms with Gasteiger partial charge in [-0.3, -0.25) is 4.84 Å². The fourth-order valence-corrected chi connectivity index (χ4v) is 0.711. The highest BCUT2D eigenvalue weighted by atomic mass is 16.7. The van der Waals surface area contributed by atoms with Gasteiger partial charge in [0.15, 0.2) is 0 Å². The quantitative estimate of drug-likeness (QED) is 0.348. The molecule has 0 rings (SSSR count). The first kappa shape index (κ1) is 10.7. The van der Waals surface area contributed by atoms with Gasteiger partial charge in [-0.25, -0.2) is 5.48 Å². The summed E-state index contributed by atoms with van der Waals surface area (Å²) < 4.78 is 0. The van der Waals surface area contributed by atoms with Crippen LogP contribution < -0.4 is 5.48 Å². The van der Waals surface area contributed by atoms with E-state index in [1.807, 2.05) is 19.9 Å². The van der Waals surface area contributed by atoms with Crippen LogP contribution in [0.1, 0.15) is 33.1 Å². The normalized spacial score (nSPS) is 10.5. The van der Waals surface area contributed by atoms with E-state index in [4.69, 9.17) is 4.84 Å². The van der Waals surface area contributed by atoms with Crippen molar-refractivity contribution in [2.24, 2.45) is 0 Å². The Morgan fingerprint density at radius 3 is 2.73 bits per heavy atom. The zero-order valence-electron chi connectivity index (χ0n) is 7.60. The standard InChI is InChI=1S/C9H19NO/c1-4-5-6-7-8-10-11-9(2)3/h4,9-10H,1,5-8H2,2-3H3. The topological polar surface area (TPSA) is 21.3 Å². The van der Waals surface area contributed by atoms with E-state index in [2.05, 4.69) is 12.1 Å². The van der Waals surface area contributed by atoms with E-state index in [0.29, 0.717) is 0 Å². The Morgan fingerprint density at radius 2 is 2.18 bits per heavy atom. The number of unbranched alkanes of at least 4 members (excludes halogenated alkanes) is 2. The van der Waals surface area contributed by atoms with E-state index >= 15 is 0 Å². The van der Waals surface area contributed by atoms with Gasteiger partial charge in [-0.1, -0.05) is 6.08 Å². The minimum absolute atomic E-state index is 0.273. The second-order valence-corrected chi connectivity index (χ2v) is 2.85. The lowest BCUT2D eigenvalue weighted by Crippen LogP contribution is -2.20. The Labute approximate surface area is 69.6 Å². The molecule has 11 heavy (non-hydrogen) atoms. The molecular formula is C9H19NO. The van der Waals surface area contributed by atoms with Crippen molar-refractivity contribution >= 4 is 0 Å². The molecule has 0 atom stereocenters. The van der Waals surface area contributed by atoms with Gasteiger partial charge >= 0.3 is 0 Å². The van der Waals surface area contributed by atoms with E-state index in [-0.39, 0.29) is 6.10 Å².